The molecule has 2 atom stereocenters. The Balaban J connectivity index is 1.55. The number of rotatable bonds is 8. The molecule has 1 fully saturated rings. The fourth-order valence-electron chi connectivity index (χ4n) is 4.80. The fraction of sp³-hybridized carbons (Fsp3) is 0.321. The van der Waals surface area contributed by atoms with Gasteiger partial charge in [0.1, 0.15) is 5.54 Å². The van der Waals surface area contributed by atoms with Crippen molar-refractivity contribution in [2.24, 2.45) is 0 Å². The Morgan fingerprint density at radius 2 is 1.45 bits per heavy atom. The molecule has 1 aliphatic carbocycles. The highest BCUT2D eigenvalue weighted by Gasteiger charge is 2.42. The molecule has 1 saturated carbocycles. The maximum Gasteiger partial charge on any atom is 0.245 e. The SMILES string of the molecule is CC(NC(=O)C1(Nc2ccccc2)CCCC1)C(Cc1ccc(Cl)cc1)c1ccc(Cl)cc1. The zero-order valence-electron chi connectivity index (χ0n) is 18.9. The second-order valence-corrected chi connectivity index (χ2v) is 9.90. The van der Waals surface area contributed by atoms with Crippen molar-refractivity contribution in [2.45, 2.75) is 56.5 Å². The predicted octanol–water partition coefficient (Wildman–Crippen LogP) is 7.25. The van der Waals surface area contributed by atoms with Crippen molar-refractivity contribution >= 4 is 34.8 Å². The first-order valence-electron chi connectivity index (χ1n) is 11.6. The average Bonchev–Trinajstić information content (AvgIpc) is 3.30. The molecular weight excluding hydrogens is 451 g/mol. The Hall–Kier alpha value is -2.49. The van der Waals surface area contributed by atoms with Crippen molar-refractivity contribution in [3.8, 4) is 0 Å². The summed E-state index contributed by atoms with van der Waals surface area (Å²) in [5, 5.41) is 8.35. The summed E-state index contributed by atoms with van der Waals surface area (Å²) in [6.45, 7) is 2.10. The van der Waals surface area contributed by atoms with Gasteiger partial charge in [-0.3, -0.25) is 4.79 Å². The van der Waals surface area contributed by atoms with Crippen LogP contribution in [-0.4, -0.2) is 17.5 Å². The molecule has 3 aromatic carbocycles. The summed E-state index contributed by atoms with van der Waals surface area (Å²) in [5.41, 5.74) is 2.75. The maximum absolute atomic E-state index is 13.7. The molecule has 33 heavy (non-hydrogen) atoms. The first-order chi connectivity index (χ1) is 15.9. The second-order valence-electron chi connectivity index (χ2n) is 9.03. The number of amides is 1. The molecule has 3 nitrogen and oxygen atoms in total. The molecular formula is C28H30Cl2N2O. The molecule has 4 rings (SSSR count). The minimum absolute atomic E-state index is 0.0654. The van der Waals surface area contributed by atoms with E-state index in [1.165, 1.54) is 5.56 Å². The third kappa shape index (κ3) is 5.90. The summed E-state index contributed by atoms with van der Waals surface area (Å²) in [6, 6.07) is 25.8. The third-order valence-corrected chi connectivity index (χ3v) is 7.18. The summed E-state index contributed by atoms with van der Waals surface area (Å²) in [6.07, 6.45) is 4.56. The lowest BCUT2D eigenvalue weighted by molar-refractivity contribution is -0.126. The van der Waals surface area contributed by atoms with Crippen molar-refractivity contribution in [1.29, 1.82) is 0 Å². The van der Waals surface area contributed by atoms with Crippen LogP contribution in [0.2, 0.25) is 10.0 Å². The zero-order chi connectivity index (χ0) is 23.3. The summed E-state index contributed by atoms with van der Waals surface area (Å²) < 4.78 is 0. The summed E-state index contributed by atoms with van der Waals surface area (Å²) in [7, 11) is 0. The van der Waals surface area contributed by atoms with Crippen LogP contribution >= 0.6 is 23.2 Å². The number of nitrogens with one attached hydrogen (secondary N) is 2. The molecule has 0 heterocycles. The van der Waals surface area contributed by atoms with Gasteiger partial charge in [-0.05, 0) is 73.7 Å². The molecule has 2 unspecified atom stereocenters. The lowest BCUT2D eigenvalue weighted by Gasteiger charge is -2.34. The molecule has 5 heteroatoms. The maximum atomic E-state index is 13.7. The average molecular weight is 481 g/mol. The number of anilines is 1. The van der Waals surface area contributed by atoms with Gasteiger partial charge < -0.3 is 10.6 Å². The molecule has 1 amide bonds. The fourth-order valence-corrected chi connectivity index (χ4v) is 5.05. The first kappa shape index (κ1) is 23.7. The van der Waals surface area contributed by atoms with Gasteiger partial charge in [0.2, 0.25) is 5.91 Å². The Morgan fingerprint density at radius 3 is 2.06 bits per heavy atom. The van der Waals surface area contributed by atoms with Crippen LogP contribution in [0.5, 0.6) is 0 Å². The normalized spacial score (nSPS) is 16.7. The molecule has 172 valence electrons. The van der Waals surface area contributed by atoms with E-state index in [-0.39, 0.29) is 17.9 Å². The van der Waals surface area contributed by atoms with Gasteiger partial charge in [-0.2, -0.15) is 0 Å². The van der Waals surface area contributed by atoms with E-state index in [9.17, 15) is 4.79 Å². The smallest absolute Gasteiger partial charge is 0.245 e. The van der Waals surface area contributed by atoms with Gasteiger partial charge in [0.05, 0.1) is 0 Å². The minimum atomic E-state index is -0.569. The number of hydrogen-bond acceptors (Lipinski definition) is 2. The van der Waals surface area contributed by atoms with Crippen LogP contribution in [0, 0.1) is 0 Å². The second kappa shape index (κ2) is 10.6. The zero-order valence-corrected chi connectivity index (χ0v) is 20.4. The number of benzene rings is 3. The highest BCUT2D eigenvalue weighted by Crippen LogP contribution is 2.34. The topological polar surface area (TPSA) is 41.1 Å². The lowest BCUT2D eigenvalue weighted by atomic mass is 9.85. The van der Waals surface area contributed by atoms with Crippen molar-refractivity contribution in [3.05, 3.63) is 100 Å². The van der Waals surface area contributed by atoms with Crippen LogP contribution in [-0.2, 0) is 11.2 Å². The van der Waals surface area contributed by atoms with Gasteiger partial charge in [-0.25, -0.2) is 0 Å². The monoisotopic (exact) mass is 480 g/mol. The van der Waals surface area contributed by atoms with Crippen molar-refractivity contribution < 1.29 is 4.79 Å². The standard InChI is InChI=1S/C28H30Cl2N2O/c1-20(31-27(33)28(17-5-6-18-28)32-25-7-3-2-4-8-25)26(22-11-15-24(30)16-12-22)19-21-9-13-23(29)14-10-21/h2-4,7-16,20,26,32H,5-6,17-19H2,1H3,(H,31,33). The lowest BCUT2D eigenvalue weighted by Crippen LogP contribution is -2.54. The van der Waals surface area contributed by atoms with Gasteiger partial charge in [-0.15, -0.1) is 0 Å². The Labute approximate surface area is 206 Å². The third-order valence-electron chi connectivity index (χ3n) is 6.68. The van der Waals surface area contributed by atoms with Gasteiger partial charge in [0.25, 0.3) is 0 Å². The summed E-state index contributed by atoms with van der Waals surface area (Å²) in [4.78, 5) is 13.7. The number of carbonyl (C=O) groups is 1. The van der Waals surface area contributed by atoms with E-state index in [2.05, 4.69) is 41.8 Å². The summed E-state index contributed by atoms with van der Waals surface area (Å²) >= 11 is 12.2. The highest BCUT2D eigenvalue weighted by molar-refractivity contribution is 6.30. The van der Waals surface area contributed by atoms with E-state index in [4.69, 9.17) is 23.2 Å². The molecule has 0 saturated heterocycles. The van der Waals surface area contributed by atoms with Crippen LogP contribution < -0.4 is 10.6 Å². The molecule has 3 aromatic rings. The van der Waals surface area contributed by atoms with Crippen LogP contribution in [0.3, 0.4) is 0 Å². The van der Waals surface area contributed by atoms with Crippen LogP contribution in [0.1, 0.15) is 49.7 Å². The molecule has 1 aliphatic rings. The van der Waals surface area contributed by atoms with Crippen LogP contribution in [0.4, 0.5) is 5.69 Å². The number of hydrogen-bond donors (Lipinski definition) is 2. The summed E-state index contributed by atoms with van der Waals surface area (Å²) in [5.74, 6) is 0.175. The molecule has 0 aliphatic heterocycles. The molecule has 0 bridgehead atoms. The van der Waals surface area contributed by atoms with Crippen molar-refractivity contribution in [2.75, 3.05) is 5.32 Å². The molecule has 0 radical (unpaired) electrons. The predicted molar refractivity (Wildman–Crippen MR) is 138 cm³/mol. The van der Waals surface area contributed by atoms with E-state index >= 15 is 0 Å². The number of carbonyl (C=O) groups excluding carboxylic acids is 1. The largest absolute Gasteiger partial charge is 0.371 e. The Bertz CT molecular complexity index is 1050. The van der Waals surface area contributed by atoms with E-state index in [0.717, 1.165) is 48.4 Å². The Morgan fingerprint density at radius 1 is 0.879 bits per heavy atom. The van der Waals surface area contributed by atoms with Crippen molar-refractivity contribution in [1.82, 2.24) is 5.32 Å². The van der Waals surface area contributed by atoms with E-state index in [0.29, 0.717) is 5.02 Å². The van der Waals surface area contributed by atoms with Gasteiger partial charge >= 0.3 is 0 Å². The Kier molecular flexibility index (Phi) is 7.62. The van der Waals surface area contributed by atoms with E-state index in [1.807, 2.05) is 54.6 Å². The quantitative estimate of drug-likeness (QED) is 0.356. The van der Waals surface area contributed by atoms with E-state index < -0.39 is 5.54 Å². The molecule has 0 spiro atoms. The number of para-hydroxylation sites is 1. The van der Waals surface area contributed by atoms with Gasteiger partial charge in [-0.1, -0.05) is 78.5 Å². The number of halogens is 2. The van der Waals surface area contributed by atoms with Gasteiger partial charge in [0.15, 0.2) is 0 Å². The first-order valence-corrected chi connectivity index (χ1v) is 12.3. The van der Waals surface area contributed by atoms with Crippen LogP contribution in [0.25, 0.3) is 0 Å². The van der Waals surface area contributed by atoms with Crippen molar-refractivity contribution in [3.63, 3.8) is 0 Å². The highest BCUT2D eigenvalue weighted by atomic mass is 35.5. The minimum Gasteiger partial charge on any atom is -0.371 e. The molecule has 2 N–H and O–H groups in total. The van der Waals surface area contributed by atoms with Crippen LogP contribution in [0.15, 0.2) is 78.9 Å². The molecule has 0 aromatic heterocycles. The van der Waals surface area contributed by atoms with Gasteiger partial charge in [0, 0.05) is 27.7 Å². The van der Waals surface area contributed by atoms with E-state index in [1.54, 1.807) is 0 Å².